The van der Waals surface area contributed by atoms with Crippen LogP contribution < -0.4 is 5.32 Å². The highest BCUT2D eigenvalue weighted by atomic mass is 16.5. The van der Waals surface area contributed by atoms with E-state index in [0.717, 1.165) is 23.6 Å². The van der Waals surface area contributed by atoms with E-state index >= 15 is 0 Å². The SMILES string of the molecule is O=C(Nc1ncc2c(n1)COC2)C1CC1C1CCCC1. The molecule has 0 aromatic carbocycles. The number of carbonyl (C=O) groups excluding carboxylic acids is 1. The maximum Gasteiger partial charge on any atom is 0.230 e. The number of nitrogens with one attached hydrogen (secondary N) is 1. The topological polar surface area (TPSA) is 64.1 Å². The number of nitrogens with zero attached hydrogens (tertiary/aromatic N) is 2. The lowest BCUT2D eigenvalue weighted by Gasteiger charge is -2.08. The highest BCUT2D eigenvalue weighted by molar-refractivity contribution is 5.93. The Hall–Kier alpha value is -1.49. The van der Waals surface area contributed by atoms with Crippen molar-refractivity contribution in [1.82, 2.24) is 9.97 Å². The average Bonchev–Trinajstić information content (AvgIpc) is 2.89. The van der Waals surface area contributed by atoms with Crippen LogP contribution in [-0.4, -0.2) is 15.9 Å². The van der Waals surface area contributed by atoms with Gasteiger partial charge in [-0.1, -0.05) is 25.7 Å². The zero-order chi connectivity index (χ0) is 13.5. The van der Waals surface area contributed by atoms with Gasteiger partial charge in [0, 0.05) is 17.7 Å². The zero-order valence-corrected chi connectivity index (χ0v) is 11.5. The molecule has 1 amide bonds. The van der Waals surface area contributed by atoms with Crippen LogP contribution in [0.3, 0.4) is 0 Å². The molecule has 1 aliphatic heterocycles. The Bertz CT molecular complexity index is 540. The summed E-state index contributed by atoms with van der Waals surface area (Å²) in [6.07, 6.45) is 8.09. The molecule has 20 heavy (non-hydrogen) atoms. The smallest absolute Gasteiger partial charge is 0.230 e. The minimum absolute atomic E-state index is 0.0979. The van der Waals surface area contributed by atoms with E-state index in [1.165, 1.54) is 25.7 Å². The van der Waals surface area contributed by atoms with Gasteiger partial charge in [-0.3, -0.25) is 10.1 Å². The van der Waals surface area contributed by atoms with E-state index in [-0.39, 0.29) is 11.8 Å². The van der Waals surface area contributed by atoms with Gasteiger partial charge in [0.05, 0.1) is 18.9 Å². The van der Waals surface area contributed by atoms with Crippen LogP contribution in [0.5, 0.6) is 0 Å². The first-order valence-electron chi connectivity index (χ1n) is 7.54. The van der Waals surface area contributed by atoms with E-state index in [1.807, 2.05) is 0 Å². The molecule has 5 nitrogen and oxygen atoms in total. The molecule has 2 atom stereocenters. The van der Waals surface area contributed by atoms with Gasteiger partial charge < -0.3 is 4.74 Å². The third-order valence-corrected chi connectivity index (χ3v) is 4.87. The molecule has 2 fully saturated rings. The van der Waals surface area contributed by atoms with Gasteiger partial charge in [-0.15, -0.1) is 0 Å². The van der Waals surface area contributed by atoms with Crippen molar-refractivity contribution in [3.63, 3.8) is 0 Å². The Morgan fingerprint density at radius 1 is 1.30 bits per heavy atom. The fraction of sp³-hybridized carbons (Fsp3) is 0.667. The van der Waals surface area contributed by atoms with E-state index < -0.39 is 0 Å². The van der Waals surface area contributed by atoms with Gasteiger partial charge >= 0.3 is 0 Å². The lowest BCUT2D eigenvalue weighted by molar-refractivity contribution is -0.117. The van der Waals surface area contributed by atoms with Crippen LogP contribution in [0.15, 0.2) is 6.20 Å². The molecule has 5 heteroatoms. The van der Waals surface area contributed by atoms with E-state index in [0.29, 0.717) is 25.1 Å². The molecule has 2 aliphatic carbocycles. The summed E-state index contributed by atoms with van der Waals surface area (Å²) in [5, 5.41) is 2.87. The van der Waals surface area contributed by atoms with Crippen molar-refractivity contribution >= 4 is 11.9 Å². The summed E-state index contributed by atoms with van der Waals surface area (Å²) in [7, 11) is 0. The lowest BCUT2D eigenvalue weighted by Crippen LogP contribution is -2.18. The first-order chi connectivity index (χ1) is 9.81. The number of amides is 1. The molecular weight excluding hydrogens is 254 g/mol. The highest BCUT2D eigenvalue weighted by Crippen LogP contribution is 2.50. The summed E-state index contributed by atoms with van der Waals surface area (Å²) in [6, 6.07) is 0. The van der Waals surface area contributed by atoms with Crippen LogP contribution in [0, 0.1) is 17.8 Å². The predicted octanol–water partition coefficient (Wildman–Crippen LogP) is 2.27. The van der Waals surface area contributed by atoms with Crippen LogP contribution >= 0.6 is 0 Å². The standard InChI is InChI=1S/C15H19N3O2/c19-14(12-5-11(12)9-3-1-2-4-9)18-15-16-6-10-7-20-8-13(10)17-15/h6,9,11-12H,1-5,7-8H2,(H,16,17,18,19). The summed E-state index contributed by atoms with van der Waals surface area (Å²) in [5.74, 6) is 2.10. The Balaban J connectivity index is 1.38. The molecule has 1 N–H and O–H groups in total. The highest BCUT2D eigenvalue weighted by Gasteiger charge is 2.48. The van der Waals surface area contributed by atoms with Crippen molar-refractivity contribution in [2.45, 2.75) is 45.3 Å². The maximum atomic E-state index is 12.2. The minimum Gasteiger partial charge on any atom is -0.370 e. The third-order valence-electron chi connectivity index (χ3n) is 4.87. The zero-order valence-electron chi connectivity index (χ0n) is 11.5. The van der Waals surface area contributed by atoms with Crippen molar-refractivity contribution in [2.24, 2.45) is 17.8 Å². The van der Waals surface area contributed by atoms with Crippen LogP contribution in [0.2, 0.25) is 0 Å². The molecule has 2 heterocycles. The fourth-order valence-corrected chi connectivity index (χ4v) is 3.63. The number of carbonyl (C=O) groups is 1. The Morgan fingerprint density at radius 2 is 2.15 bits per heavy atom. The van der Waals surface area contributed by atoms with E-state index in [4.69, 9.17) is 4.74 Å². The Labute approximate surface area is 118 Å². The fourth-order valence-electron chi connectivity index (χ4n) is 3.63. The van der Waals surface area contributed by atoms with Gasteiger partial charge in [0.25, 0.3) is 0 Å². The second-order valence-corrected chi connectivity index (χ2v) is 6.20. The van der Waals surface area contributed by atoms with Crippen molar-refractivity contribution in [3.8, 4) is 0 Å². The van der Waals surface area contributed by atoms with Crippen LogP contribution in [0.1, 0.15) is 43.4 Å². The van der Waals surface area contributed by atoms with Gasteiger partial charge in [0.15, 0.2) is 0 Å². The van der Waals surface area contributed by atoms with Crippen LogP contribution in [-0.2, 0) is 22.7 Å². The largest absolute Gasteiger partial charge is 0.370 e. The molecule has 0 bridgehead atoms. The lowest BCUT2D eigenvalue weighted by atomic mass is 10.0. The van der Waals surface area contributed by atoms with E-state index in [9.17, 15) is 4.79 Å². The molecule has 106 valence electrons. The van der Waals surface area contributed by atoms with Crippen molar-refractivity contribution in [2.75, 3.05) is 5.32 Å². The average molecular weight is 273 g/mol. The molecule has 0 saturated heterocycles. The van der Waals surface area contributed by atoms with E-state index in [2.05, 4.69) is 15.3 Å². The number of anilines is 1. The summed E-state index contributed by atoms with van der Waals surface area (Å²) in [6.45, 7) is 1.10. The molecule has 1 aromatic rings. The molecule has 4 rings (SSSR count). The van der Waals surface area contributed by atoms with Gasteiger partial charge in [-0.2, -0.15) is 0 Å². The van der Waals surface area contributed by atoms with Crippen molar-refractivity contribution in [3.05, 3.63) is 17.5 Å². The number of hydrogen-bond donors (Lipinski definition) is 1. The summed E-state index contributed by atoms with van der Waals surface area (Å²) < 4.78 is 5.30. The molecular formula is C15H19N3O2. The first kappa shape index (κ1) is 12.3. The molecule has 2 unspecified atom stereocenters. The summed E-state index contributed by atoms with van der Waals surface area (Å²) in [5.41, 5.74) is 1.93. The third kappa shape index (κ3) is 2.20. The maximum absolute atomic E-state index is 12.2. The van der Waals surface area contributed by atoms with Crippen molar-refractivity contribution < 1.29 is 9.53 Å². The molecule has 0 spiro atoms. The van der Waals surface area contributed by atoms with Gasteiger partial charge in [-0.05, 0) is 18.3 Å². The molecule has 2 saturated carbocycles. The number of aromatic nitrogens is 2. The van der Waals surface area contributed by atoms with Gasteiger partial charge in [-0.25, -0.2) is 9.97 Å². The van der Waals surface area contributed by atoms with Crippen LogP contribution in [0.4, 0.5) is 5.95 Å². The summed E-state index contributed by atoms with van der Waals surface area (Å²) in [4.78, 5) is 20.8. The Kier molecular flexibility index (Phi) is 2.95. The molecule has 1 aromatic heterocycles. The quantitative estimate of drug-likeness (QED) is 0.917. The number of rotatable bonds is 3. The van der Waals surface area contributed by atoms with Gasteiger partial charge in [0.1, 0.15) is 0 Å². The predicted molar refractivity (Wildman–Crippen MR) is 72.7 cm³/mol. The van der Waals surface area contributed by atoms with E-state index in [1.54, 1.807) is 6.20 Å². The summed E-state index contributed by atoms with van der Waals surface area (Å²) >= 11 is 0. The minimum atomic E-state index is 0.0979. The number of fused-ring (bicyclic) bond motifs is 1. The van der Waals surface area contributed by atoms with Gasteiger partial charge in [0.2, 0.25) is 11.9 Å². The monoisotopic (exact) mass is 273 g/mol. The first-order valence-corrected chi connectivity index (χ1v) is 7.54. The van der Waals surface area contributed by atoms with Crippen molar-refractivity contribution in [1.29, 1.82) is 0 Å². The molecule has 3 aliphatic rings. The number of hydrogen-bond acceptors (Lipinski definition) is 4. The number of ether oxygens (including phenoxy) is 1. The van der Waals surface area contributed by atoms with Crippen LogP contribution in [0.25, 0.3) is 0 Å². The second-order valence-electron chi connectivity index (χ2n) is 6.20. The Morgan fingerprint density at radius 3 is 3.00 bits per heavy atom. The normalized spacial score (nSPS) is 28.4. The second kappa shape index (κ2) is 4.81. The molecule has 0 radical (unpaired) electrons.